The van der Waals surface area contributed by atoms with Crippen LogP contribution in [0.4, 0.5) is 0 Å². The topological polar surface area (TPSA) is 101 Å². The summed E-state index contributed by atoms with van der Waals surface area (Å²) in [6, 6.07) is 14.9. The lowest BCUT2D eigenvalue weighted by Crippen LogP contribution is -2.25. The van der Waals surface area contributed by atoms with Crippen LogP contribution in [0.2, 0.25) is 0 Å². The number of carbonyl (C=O) groups excluding carboxylic acids is 1. The second-order valence-electron chi connectivity index (χ2n) is 10.2. The Morgan fingerprint density at radius 3 is 2.42 bits per heavy atom. The molecule has 226 valence electrons. The van der Waals surface area contributed by atoms with Crippen molar-refractivity contribution in [2.24, 2.45) is 5.10 Å². The van der Waals surface area contributed by atoms with E-state index >= 15 is 0 Å². The molecular weight excluding hydrogens is 661 g/mol. The first kappa shape index (κ1) is 32.0. The normalized spacial score (nSPS) is 12.1. The van der Waals surface area contributed by atoms with Crippen LogP contribution in [0.15, 0.2) is 58.4 Å². The molecule has 9 nitrogen and oxygen atoms in total. The van der Waals surface area contributed by atoms with Gasteiger partial charge in [-0.25, -0.2) is 9.78 Å². The SMILES string of the molecule is CCOc1cc(C)c(-c2nc3ccccc3c(=O)n2N=Cc2cc(I)c(O[C@@H](C)C(=O)OC)c(OCC)c2)cc1C(C)C. The number of hydrogen-bond acceptors (Lipinski definition) is 8. The van der Waals surface area contributed by atoms with E-state index in [1.54, 1.807) is 25.3 Å². The molecule has 43 heavy (non-hydrogen) atoms. The molecule has 4 rings (SSSR count). The van der Waals surface area contributed by atoms with Crippen molar-refractivity contribution in [2.45, 2.75) is 53.6 Å². The Hall–Kier alpha value is -3.93. The van der Waals surface area contributed by atoms with Gasteiger partial charge in [0.25, 0.3) is 5.56 Å². The molecule has 0 radical (unpaired) electrons. The van der Waals surface area contributed by atoms with Crippen LogP contribution in [0.25, 0.3) is 22.3 Å². The first-order valence-corrected chi connectivity index (χ1v) is 15.2. The van der Waals surface area contributed by atoms with Gasteiger partial charge in [-0.3, -0.25) is 4.79 Å². The Labute approximate surface area is 265 Å². The molecule has 0 amide bonds. The van der Waals surface area contributed by atoms with E-state index in [0.717, 1.165) is 22.4 Å². The van der Waals surface area contributed by atoms with Crippen molar-refractivity contribution in [3.63, 3.8) is 0 Å². The molecule has 0 aliphatic rings. The van der Waals surface area contributed by atoms with Crippen molar-refractivity contribution in [2.75, 3.05) is 20.3 Å². The Morgan fingerprint density at radius 1 is 1.05 bits per heavy atom. The summed E-state index contributed by atoms with van der Waals surface area (Å²) >= 11 is 2.12. The first-order chi connectivity index (χ1) is 20.6. The molecule has 1 heterocycles. The molecular formula is C33H36IN3O6. The zero-order valence-corrected chi connectivity index (χ0v) is 27.6. The monoisotopic (exact) mass is 697 g/mol. The summed E-state index contributed by atoms with van der Waals surface area (Å²) in [4.78, 5) is 30.7. The average molecular weight is 698 g/mol. The number of nitrogens with zero attached hydrogens (tertiary/aromatic N) is 3. The molecule has 0 N–H and O–H groups in total. The Kier molecular flexibility index (Phi) is 10.4. The maximum atomic E-state index is 13.8. The van der Waals surface area contributed by atoms with Crippen molar-refractivity contribution in [3.05, 3.63) is 79.1 Å². The van der Waals surface area contributed by atoms with E-state index in [2.05, 4.69) is 41.5 Å². The minimum Gasteiger partial charge on any atom is -0.494 e. The minimum absolute atomic E-state index is 0.187. The number of halogens is 1. The Balaban J connectivity index is 1.88. The van der Waals surface area contributed by atoms with Crippen LogP contribution in [-0.4, -0.2) is 48.3 Å². The molecule has 1 atom stereocenters. The highest BCUT2D eigenvalue weighted by atomic mass is 127. The van der Waals surface area contributed by atoms with Gasteiger partial charge < -0.3 is 18.9 Å². The van der Waals surface area contributed by atoms with Crippen molar-refractivity contribution in [1.29, 1.82) is 0 Å². The fourth-order valence-electron chi connectivity index (χ4n) is 4.63. The third-order valence-electron chi connectivity index (χ3n) is 6.76. The number of para-hydroxylation sites is 1. The summed E-state index contributed by atoms with van der Waals surface area (Å²) in [5.41, 5.74) is 3.69. The fraction of sp³-hybridized carbons (Fsp3) is 0.333. The number of esters is 1. The molecule has 1 aromatic heterocycles. The number of ether oxygens (including phenoxy) is 4. The van der Waals surface area contributed by atoms with Gasteiger partial charge in [0, 0.05) is 5.56 Å². The summed E-state index contributed by atoms with van der Waals surface area (Å²) < 4.78 is 24.5. The number of aromatic nitrogens is 2. The zero-order chi connectivity index (χ0) is 31.3. The van der Waals surface area contributed by atoms with Crippen molar-refractivity contribution >= 4 is 45.7 Å². The lowest BCUT2D eigenvalue weighted by molar-refractivity contribution is -0.148. The van der Waals surface area contributed by atoms with Gasteiger partial charge in [0.2, 0.25) is 0 Å². The summed E-state index contributed by atoms with van der Waals surface area (Å²) in [5, 5.41) is 5.12. The summed E-state index contributed by atoms with van der Waals surface area (Å²) in [5.74, 6) is 1.80. The van der Waals surface area contributed by atoms with Gasteiger partial charge in [0.05, 0.1) is 41.0 Å². The quantitative estimate of drug-likeness (QED) is 0.0975. The van der Waals surface area contributed by atoms with Gasteiger partial charge in [0.1, 0.15) is 5.75 Å². The Morgan fingerprint density at radius 2 is 1.74 bits per heavy atom. The molecule has 4 aromatic rings. The highest BCUT2D eigenvalue weighted by molar-refractivity contribution is 14.1. The number of aryl methyl sites for hydroxylation is 1. The van der Waals surface area contributed by atoms with Gasteiger partial charge in [0.15, 0.2) is 23.4 Å². The van der Waals surface area contributed by atoms with Crippen molar-refractivity contribution < 1.29 is 23.7 Å². The van der Waals surface area contributed by atoms with E-state index in [9.17, 15) is 9.59 Å². The number of rotatable bonds is 11. The predicted octanol–water partition coefficient (Wildman–Crippen LogP) is 6.72. The maximum absolute atomic E-state index is 13.8. The number of carbonyl (C=O) groups is 1. The van der Waals surface area contributed by atoms with Crippen LogP contribution in [0.5, 0.6) is 17.2 Å². The minimum atomic E-state index is -0.824. The highest BCUT2D eigenvalue weighted by Crippen LogP contribution is 2.36. The summed E-state index contributed by atoms with van der Waals surface area (Å²) in [7, 11) is 1.31. The summed E-state index contributed by atoms with van der Waals surface area (Å²) in [6.45, 7) is 12.5. The van der Waals surface area contributed by atoms with E-state index in [0.29, 0.717) is 50.6 Å². The Bertz CT molecular complexity index is 1730. The molecule has 10 heteroatoms. The second kappa shape index (κ2) is 14.0. The predicted molar refractivity (Wildman–Crippen MR) is 177 cm³/mol. The molecule has 3 aromatic carbocycles. The number of benzene rings is 3. The van der Waals surface area contributed by atoms with Crippen LogP contribution < -0.4 is 19.8 Å². The summed E-state index contributed by atoms with van der Waals surface area (Å²) in [6.07, 6.45) is 0.766. The highest BCUT2D eigenvalue weighted by Gasteiger charge is 2.21. The molecule has 0 saturated carbocycles. The molecule has 0 aliphatic carbocycles. The van der Waals surface area contributed by atoms with Crippen molar-refractivity contribution in [3.8, 4) is 28.6 Å². The van der Waals surface area contributed by atoms with Crippen molar-refractivity contribution in [1.82, 2.24) is 9.66 Å². The smallest absolute Gasteiger partial charge is 0.346 e. The number of hydrogen-bond donors (Lipinski definition) is 0. The van der Waals surface area contributed by atoms with E-state index in [1.165, 1.54) is 11.8 Å². The van der Waals surface area contributed by atoms with Crippen LogP contribution in [0.1, 0.15) is 57.2 Å². The van der Waals surface area contributed by atoms with Crippen LogP contribution in [0, 0.1) is 10.5 Å². The number of methoxy groups -OCH3 is 1. The third kappa shape index (κ3) is 7.01. The molecule has 0 saturated heterocycles. The first-order valence-electron chi connectivity index (χ1n) is 14.1. The lowest BCUT2D eigenvalue weighted by Gasteiger charge is -2.18. The van der Waals surface area contributed by atoms with E-state index in [4.69, 9.17) is 23.9 Å². The fourth-order valence-corrected chi connectivity index (χ4v) is 5.38. The molecule has 0 spiro atoms. The standard InChI is InChI=1S/C33H36IN3O6/c1-8-41-28-14-20(5)25(17-24(28)19(3)4)31-36-27-13-11-10-12-23(27)32(38)37(31)35-18-22-15-26(34)30(29(16-22)42-9-2)43-21(6)33(39)40-7/h10-19,21H,8-9H2,1-7H3/t21-/m0/s1. The van der Waals surface area contributed by atoms with E-state index < -0.39 is 12.1 Å². The van der Waals surface area contributed by atoms with E-state index in [-0.39, 0.29) is 11.5 Å². The van der Waals surface area contributed by atoms with Gasteiger partial charge in [-0.2, -0.15) is 9.78 Å². The maximum Gasteiger partial charge on any atom is 0.346 e. The van der Waals surface area contributed by atoms with Gasteiger partial charge in [-0.15, -0.1) is 0 Å². The van der Waals surface area contributed by atoms with E-state index in [1.807, 2.05) is 57.2 Å². The van der Waals surface area contributed by atoms with Gasteiger partial charge in [-0.05, 0) is 109 Å². The average Bonchev–Trinajstić information content (AvgIpc) is 2.98. The largest absolute Gasteiger partial charge is 0.494 e. The van der Waals surface area contributed by atoms with Crippen LogP contribution >= 0.6 is 22.6 Å². The third-order valence-corrected chi connectivity index (χ3v) is 7.56. The van der Waals surface area contributed by atoms with Crippen LogP contribution in [0.3, 0.4) is 0 Å². The lowest BCUT2D eigenvalue weighted by atomic mass is 9.96. The molecule has 0 aliphatic heterocycles. The second-order valence-corrected chi connectivity index (χ2v) is 11.3. The van der Waals surface area contributed by atoms with Gasteiger partial charge >= 0.3 is 5.97 Å². The van der Waals surface area contributed by atoms with Crippen LogP contribution in [-0.2, 0) is 9.53 Å². The number of fused-ring (bicyclic) bond motifs is 1. The molecule has 0 unspecified atom stereocenters. The van der Waals surface area contributed by atoms with Gasteiger partial charge in [-0.1, -0.05) is 26.0 Å². The molecule has 0 bridgehead atoms. The molecule has 0 fully saturated rings. The zero-order valence-electron chi connectivity index (χ0n) is 25.4.